The molecule has 1 aliphatic rings. The lowest BCUT2D eigenvalue weighted by Crippen LogP contribution is -2.19. The van der Waals surface area contributed by atoms with Gasteiger partial charge in [0.25, 0.3) is 0 Å². The third-order valence-electron chi connectivity index (χ3n) is 4.43. The van der Waals surface area contributed by atoms with E-state index in [1.54, 1.807) is 13.0 Å². The van der Waals surface area contributed by atoms with E-state index in [0.717, 1.165) is 5.57 Å². The Morgan fingerprint density at radius 1 is 1.12 bits per heavy atom. The van der Waals surface area contributed by atoms with Gasteiger partial charge in [-0.05, 0) is 57.9 Å². The lowest BCUT2D eigenvalue weighted by Gasteiger charge is -2.32. The Balaban J connectivity index is 2.76. The average molecular weight is 328 g/mol. The van der Waals surface area contributed by atoms with Gasteiger partial charge in [-0.1, -0.05) is 60.9 Å². The molecule has 0 heterocycles. The maximum Gasteiger partial charge on any atom is 0.330 e. The quantitative estimate of drug-likeness (QED) is 0.335. The van der Waals surface area contributed by atoms with Gasteiger partial charge >= 0.3 is 5.97 Å². The van der Waals surface area contributed by atoms with Crippen molar-refractivity contribution in [1.82, 2.24) is 0 Å². The zero-order valence-corrected chi connectivity index (χ0v) is 16.1. The monoisotopic (exact) mass is 328 g/mol. The molecule has 1 rings (SSSR count). The van der Waals surface area contributed by atoms with Gasteiger partial charge in [0.2, 0.25) is 0 Å². The standard InChI is InChI=1S/C22H32O2/c1-7-24-21(23)15-13-18(3)11-10-17(2)12-14-20-19(4)9-8-16-22(20,5)6/h10-15H,7-9,16H2,1-6H3. The first kappa shape index (κ1) is 20.2. The number of allylic oxidation sites excluding steroid dienone is 9. The smallest absolute Gasteiger partial charge is 0.330 e. The molecular formula is C22H32O2. The Morgan fingerprint density at radius 2 is 1.75 bits per heavy atom. The molecule has 2 heteroatoms. The molecule has 0 aliphatic heterocycles. The second-order valence-electron chi connectivity index (χ2n) is 7.17. The van der Waals surface area contributed by atoms with Crippen molar-refractivity contribution in [3.05, 3.63) is 58.7 Å². The molecule has 0 unspecified atom stereocenters. The first-order chi connectivity index (χ1) is 11.3. The highest BCUT2D eigenvalue weighted by atomic mass is 16.5. The van der Waals surface area contributed by atoms with Crippen molar-refractivity contribution in [2.45, 2.75) is 60.8 Å². The molecule has 0 saturated heterocycles. The molecule has 0 aromatic rings. The molecule has 24 heavy (non-hydrogen) atoms. The van der Waals surface area contributed by atoms with Gasteiger partial charge in [-0.25, -0.2) is 4.79 Å². The van der Waals surface area contributed by atoms with Gasteiger partial charge in [-0.15, -0.1) is 0 Å². The fraction of sp³-hybridized carbons (Fsp3) is 0.500. The molecule has 0 atom stereocenters. The number of esters is 1. The molecule has 0 aromatic carbocycles. The summed E-state index contributed by atoms with van der Waals surface area (Å²) in [5.74, 6) is -0.298. The van der Waals surface area contributed by atoms with E-state index in [1.807, 2.05) is 13.0 Å². The number of carbonyl (C=O) groups excluding carboxylic acids is 1. The van der Waals surface area contributed by atoms with E-state index < -0.39 is 0 Å². The van der Waals surface area contributed by atoms with Crippen LogP contribution in [-0.2, 0) is 9.53 Å². The highest BCUT2D eigenvalue weighted by molar-refractivity contribution is 5.82. The molecule has 0 fully saturated rings. The second kappa shape index (κ2) is 9.46. The van der Waals surface area contributed by atoms with Gasteiger partial charge in [0, 0.05) is 6.08 Å². The van der Waals surface area contributed by atoms with Crippen LogP contribution in [0.4, 0.5) is 0 Å². The lowest BCUT2D eigenvalue weighted by atomic mass is 9.72. The molecule has 0 radical (unpaired) electrons. The maximum atomic E-state index is 11.3. The maximum absolute atomic E-state index is 11.3. The van der Waals surface area contributed by atoms with Crippen molar-refractivity contribution in [1.29, 1.82) is 0 Å². The topological polar surface area (TPSA) is 26.3 Å². The third-order valence-corrected chi connectivity index (χ3v) is 4.43. The van der Waals surface area contributed by atoms with E-state index in [9.17, 15) is 4.79 Å². The van der Waals surface area contributed by atoms with E-state index >= 15 is 0 Å². The Labute approximate surface area is 147 Å². The van der Waals surface area contributed by atoms with Crippen molar-refractivity contribution in [2.75, 3.05) is 6.61 Å². The summed E-state index contributed by atoms with van der Waals surface area (Å²) in [6.45, 7) is 13.2. The molecule has 0 spiro atoms. The molecule has 2 nitrogen and oxygen atoms in total. The summed E-state index contributed by atoms with van der Waals surface area (Å²) in [7, 11) is 0. The van der Waals surface area contributed by atoms with E-state index in [-0.39, 0.29) is 11.4 Å². The molecule has 1 aliphatic carbocycles. The number of hydrogen-bond acceptors (Lipinski definition) is 2. The van der Waals surface area contributed by atoms with Crippen molar-refractivity contribution >= 4 is 5.97 Å². The summed E-state index contributed by atoms with van der Waals surface area (Å²) in [6, 6.07) is 0. The first-order valence-electron chi connectivity index (χ1n) is 8.84. The van der Waals surface area contributed by atoms with Crippen LogP contribution in [0.15, 0.2) is 58.7 Å². The van der Waals surface area contributed by atoms with Gasteiger partial charge in [0.15, 0.2) is 0 Å². The summed E-state index contributed by atoms with van der Waals surface area (Å²) in [6.07, 6.45) is 15.6. The lowest BCUT2D eigenvalue weighted by molar-refractivity contribution is -0.137. The van der Waals surface area contributed by atoms with Crippen LogP contribution in [-0.4, -0.2) is 12.6 Å². The summed E-state index contributed by atoms with van der Waals surface area (Å²) < 4.78 is 4.87. The Hall–Kier alpha value is -1.83. The minimum Gasteiger partial charge on any atom is -0.463 e. The third kappa shape index (κ3) is 6.74. The number of carbonyl (C=O) groups is 1. The normalized spacial score (nSPS) is 19.4. The van der Waals surface area contributed by atoms with Gasteiger partial charge in [0.05, 0.1) is 6.61 Å². The second-order valence-corrected chi connectivity index (χ2v) is 7.17. The Morgan fingerprint density at radius 3 is 2.33 bits per heavy atom. The molecular weight excluding hydrogens is 296 g/mol. The van der Waals surface area contributed by atoms with Crippen LogP contribution in [0.25, 0.3) is 0 Å². The summed E-state index contributed by atoms with van der Waals surface area (Å²) in [4.78, 5) is 11.3. The highest BCUT2D eigenvalue weighted by Gasteiger charge is 2.26. The Bertz CT molecular complexity index is 595. The SMILES string of the molecule is CCOC(=O)C=CC(C)=CC=C(C)C=CC1=C(C)CCCC1(C)C. The van der Waals surface area contributed by atoms with Crippen molar-refractivity contribution in [3.63, 3.8) is 0 Å². The van der Waals surface area contributed by atoms with Crippen molar-refractivity contribution in [2.24, 2.45) is 5.41 Å². The van der Waals surface area contributed by atoms with Gasteiger partial charge in [-0.2, -0.15) is 0 Å². The fourth-order valence-corrected chi connectivity index (χ4v) is 2.99. The first-order valence-corrected chi connectivity index (χ1v) is 8.84. The minimum atomic E-state index is -0.298. The van der Waals surface area contributed by atoms with Crippen LogP contribution in [0.2, 0.25) is 0 Å². The largest absolute Gasteiger partial charge is 0.463 e. The molecule has 132 valence electrons. The number of hydrogen-bond donors (Lipinski definition) is 0. The van der Waals surface area contributed by atoms with Crippen LogP contribution in [0.1, 0.15) is 60.8 Å². The summed E-state index contributed by atoms with van der Waals surface area (Å²) in [5, 5.41) is 0. The zero-order valence-electron chi connectivity index (χ0n) is 16.1. The van der Waals surface area contributed by atoms with Crippen molar-refractivity contribution < 1.29 is 9.53 Å². The van der Waals surface area contributed by atoms with E-state index in [1.165, 1.54) is 42.1 Å². The molecule has 0 saturated carbocycles. The van der Waals surface area contributed by atoms with Crippen molar-refractivity contribution in [3.8, 4) is 0 Å². The van der Waals surface area contributed by atoms with Crippen LogP contribution in [0.3, 0.4) is 0 Å². The summed E-state index contributed by atoms with van der Waals surface area (Å²) in [5.41, 5.74) is 5.47. The zero-order chi connectivity index (χ0) is 18.2. The molecule has 0 aromatic heterocycles. The van der Waals surface area contributed by atoms with E-state index in [0.29, 0.717) is 6.61 Å². The van der Waals surface area contributed by atoms with Crippen LogP contribution in [0, 0.1) is 5.41 Å². The predicted octanol–water partition coefficient (Wildman–Crippen LogP) is 6.08. The highest BCUT2D eigenvalue weighted by Crippen LogP contribution is 2.40. The fourth-order valence-electron chi connectivity index (χ4n) is 2.99. The predicted molar refractivity (Wildman–Crippen MR) is 103 cm³/mol. The average Bonchev–Trinajstić information content (AvgIpc) is 2.50. The minimum absolute atomic E-state index is 0.271. The Kier molecular flexibility index (Phi) is 7.97. The van der Waals surface area contributed by atoms with E-state index in [2.05, 4.69) is 45.9 Å². The summed E-state index contributed by atoms with van der Waals surface area (Å²) >= 11 is 0. The van der Waals surface area contributed by atoms with Crippen LogP contribution >= 0.6 is 0 Å². The molecule has 0 bridgehead atoms. The van der Waals surface area contributed by atoms with Crippen LogP contribution in [0.5, 0.6) is 0 Å². The number of rotatable bonds is 6. The molecule has 0 amide bonds. The van der Waals surface area contributed by atoms with Gasteiger partial charge < -0.3 is 4.74 Å². The van der Waals surface area contributed by atoms with Gasteiger partial charge in [0.1, 0.15) is 0 Å². The number of ether oxygens (including phenoxy) is 1. The molecule has 0 N–H and O–H groups in total. The van der Waals surface area contributed by atoms with Crippen LogP contribution < -0.4 is 0 Å². The van der Waals surface area contributed by atoms with E-state index in [4.69, 9.17) is 4.74 Å². The van der Waals surface area contributed by atoms with Gasteiger partial charge in [-0.3, -0.25) is 0 Å².